The Morgan fingerprint density at radius 1 is 1.02 bits per heavy atom. The molecule has 0 unspecified atom stereocenters. The summed E-state index contributed by atoms with van der Waals surface area (Å²) in [5.74, 6) is -0.234. The number of nitrogens with one attached hydrogen (secondary N) is 1. The van der Waals surface area contributed by atoms with Crippen molar-refractivity contribution in [2.75, 3.05) is 24.5 Å². The van der Waals surface area contributed by atoms with Gasteiger partial charge in [-0.3, -0.25) is 13.9 Å². The first-order chi connectivity index (χ1) is 19.1. The Labute approximate surface area is 241 Å². The predicted octanol–water partition coefficient (Wildman–Crippen LogP) is 5.19. The van der Waals surface area contributed by atoms with Crippen molar-refractivity contribution in [3.63, 3.8) is 0 Å². The molecule has 0 aliphatic rings. The highest BCUT2D eigenvalue weighted by atomic mass is 35.5. The standard InChI is InChI=1S/C30H36ClN3O5S/c1-5-6-18-32-30(36)23(3)33(20-24-8-7-9-27(19-24)39-4)29(35)21-34(26-14-10-22(2)11-15-26)40(37,38)28-16-12-25(31)13-17-28/h7-17,19,23H,5-6,18,20-21H2,1-4H3,(H,32,36)/t23-/m1/s1. The maximum absolute atomic E-state index is 13.9. The number of amides is 2. The molecule has 0 aliphatic carbocycles. The third-order valence-corrected chi connectivity index (χ3v) is 8.53. The molecule has 10 heteroatoms. The number of hydrogen-bond donors (Lipinski definition) is 1. The molecule has 40 heavy (non-hydrogen) atoms. The van der Waals surface area contributed by atoms with E-state index in [1.807, 2.05) is 19.9 Å². The fourth-order valence-corrected chi connectivity index (χ4v) is 5.60. The summed E-state index contributed by atoms with van der Waals surface area (Å²) in [6.07, 6.45) is 1.72. The Hall–Kier alpha value is -3.56. The lowest BCUT2D eigenvalue weighted by Crippen LogP contribution is -2.51. The molecule has 0 aliphatic heterocycles. The molecule has 3 aromatic rings. The van der Waals surface area contributed by atoms with Crippen LogP contribution in [0, 0.1) is 6.92 Å². The Morgan fingerprint density at radius 2 is 1.70 bits per heavy atom. The molecule has 0 spiro atoms. The zero-order chi connectivity index (χ0) is 29.3. The van der Waals surface area contributed by atoms with Crippen LogP contribution in [0.5, 0.6) is 5.75 Å². The summed E-state index contributed by atoms with van der Waals surface area (Å²) >= 11 is 5.99. The van der Waals surface area contributed by atoms with Gasteiger partial charge in [0.05, 0.1) is 17.7 Å². The second-order valence-electron chi connectivity index (χ2n) is 9.49. The van der Waals surface area contributed by atoms with Crippen LogP contribution in [0.2, 0.25) is 5.02 Å². The molecule has 0 bridgehead atoms. The first-order valence-electron chi connectivity index (χ1n) is 13.1. The average molecular weight is 586 g/mol. The van der Waals surface area contributed by atoms with Gasteiger partial charge in [-0.05, 0) is 74.4 Å². The van der Waals surface area contributed by atoms with Gasteiger partial charge in [0, 0.05) is 18.1 Å². The number of unbranched alkanes of at least 4 members (excludes halogenated alkanes) is 1. The maximum atomic E-state index is 13.9. The van der Waals surface area contributed by atoms with Crippen LogP contribution in [-0.4, -0.2) is 51.4 Å². The number of rotatable bonds is 13. The van der Waals surface area contributed by atoms with Gasteiger partial charge in [-0.25, -0.2) is 8.42 Å². The van der Waals surface area contributed by atoms with E-state index in [1.165, 1.54) is 29.2 Å². The number of hydrogen-bond acceptors (Lipinski definition) is 5. The van der Waals surface area contributed by atoms with Gasteiger partial charge in [-0.2, -0.15) is 0 Å². The van der Waals surface area contributed by atoms with Gasteiger partial charge in [0.15, 0.2) is 0 Å². The van der Waals surface area contributed by atoms with E-state index in [0.29, 0.717) is 23.0 Å². The van der Waals surface area contributed by atoms with Crippen LogP contribution in [0.1, 0.15) is 37.8 Å². The molecule has 0 aromatic heterocycles. The second kappa shape index (κ2) is 14.2. The Morgan fingerprint density at radius 3 is 2.33 bits per heavy atom. The Bertz CT molecular complexity index is 1400. The Balaban J connectivity index is 2.00. The van der Waals surface area contributed by atoms with Crippen molar-refractivity contribution >= 4 is 39.1 Å². The molecule has 0 heterocycles. The van der Waals surface area contributed by atoms with E-state index in [0.717, 1.165) is 28.3 Å². The third kappa shape index (κ3) is 7.99. The van der Waals surface area contributed by atoms with Crippen molar-refractivity contribution in [1.29, 1.82) is 0 Å². The minimum absolute atomic E-state index is 0.00465. The monoisotopic (exact) mass is 585 g/mol. The molecule has 3 rings (SSSR count). The molecule has 0 fully saturated rings. The van der Waals surface area contributed by atoms with Gasteiger partial charge in [0.1, 0.15) is 18.3 Å². The smallest absolute Gasteiger partial charge is 0.264 e. The van der Waals surface area contributed by atoms with Crippen molar-refractivity contribution in [1.82, 2.24) is 10.2 Å². The van der Waals surface area contributed by atoms with E-state index in [4.69, 9.17) is 16.3 Å². The lowest BCUT2D eigenvalue weighted by atomic mass is 10.1. The minimum atomic E-state index is -4.15. The molecule has 0 saturated carbocycles. The summed E-state index contributed by atoms with van der Waals surface area (Å²) in [7, 11) is -2.60. The molecule has 1 N–H and O–H groups in total. The predicted molar refractivity (Wildman–Crippen MR) is 158 cm³/mol. The summed E-state index contributed by atoms with van der Waals surface area (Å²) in [5, 5.41) is 3.27. The van der Waals surface area contributed by atoms with Gasteiger partial charge >= 0.3 is 0 Å². The number of nitrogens with zero attached hydrogens (tertiary/aromatic N) is 2. The van der Waals surface area contributed by atoms with Crippen molar-refractivity contribution < 1.29 is 22.7 Å². The van der Waals surface area contributed by atoms with Crippen LogP contribution in [0.25, 0.3) is 0 Å². The van der Waals surface area contributed by atoms with Gasteiger partial charge in [0.25, 0.3) is 10.0 Å². The van der Waals surface area contributed by atoms with Crippen molar-refractivity contribution in [2.24, 2.45) is 0 Å². The summed E-state index contributed by atoms with van der Waals surface area (Å²) in [6.45, 7) is 5.62. The largest absolute Gasteiger partial charge is 0.497 e. The van der Waals surface area contributed by atoms with E-state index in [-0.39, 0.29) is 17.3 Å². The normalized spacial score (nSPS) is 11.9. The molecule has 0 saturated heterocycles. The maximum Gasteiger partial charge on any atom is 0.264 e. The number of anilines is 1. The molecule has 1 atom stereocenters. The number of methoxy groups -OCH3 is 1. The van der Waals surface area contributed by atoms with Crippen LogP contribution in [-0.2, 0) is 26.2 Å². The lowest BCUT2D eigenvalue weighted by Gasteiger charge is -2.32. The number of aryl methyl sites for hydroxylation is 1. The van der Waals surface area contributed by atoms with Gasteiger partial charge in [-0.15, -0.1) is 0 Å². The lowest BCUT2D eigenvalue weighted by molar-refractivity contribution is -0.139. The Kier molecular flexibility index (Phi) is 11.0. The molecular formula is C30H36ClN3O5S. The quantitative estimate of drug-likeness (QED) is 0.279. The average Bonchev–Trinajstić information content (AvgIpc) is 2.95. The molecule has 214 valence electrons. The summed E-state index contributed by atoms with van der Waals surface area (Å²) < 4.78 is 34.0. The number of sulfonamides is 1. The van der Waals surface area contributed by atoms with Crippen LogP contribution < -0.4 is 14.4 Å². The fourth-order valence-electron chi connectivity index (χ4n) is 4.06. The summed E-state index contributed by atoms with van der Waals surface area (Å²) in [6, 6.07) is 19.0. The minimum Gasteiger partial charge on any atom is -0.497 e. The first kappa shape index (κ1) is 31.0. The second-order valence-corrected chi connectivity index (χ2v) is 11.8. The molecular weight excluding hydrogens is 550 g/mol. The fraction of sp³-hybridized carbons (Fsp3) is 0.333. The van der Waals surface area contributed by atoms with Crippen molar-refractivity contribution in [3.8, 4) is 5.75 Å². The number of halogens is 1. The molecule has 0 radical (unpaired) electrons. The van der Waals surface area contributed by atoms with E-state index >= 15 is 0 Å². The zero-order valence-electron chi connectivity index (χ0n) is 23.3. The number of carbonyl (C=O) groups excluding carboxylic acids is 2. The number of ether oxygens (including phenoxy) is 1. The van der Waals surface area contributed by atoms with Crippen LogP contribution in [0.4, 0.5) is 5.69 Å². The first-order valence-corrected chi connectivity index (χ1v) is 14.9. The van der Waals surface area contributed by atoms with Gasteiger partial charge in [-0.1, -0.05) is 54.8 Å². The van der Waals surface area contributed by atoms with E-state index in [2.05, 4.69) is 5.32 Å². The highest BCUT2D eigenvalue weighted by molar-refractivity contribution is 7.92. The highest BCUT2D eigenvalue weighted by Gasteiger charge is 2.32. The summed E-state index contributed by atoms with van der Waals surface area (Å²) in [5.41, 5.74) is 2.01. The number of carbonyl (C=O) groups is 2. The van der Waals surface area contributed by atoms with E-state index in [9.17, 15) is 18.0 Å². The van der Waals surface area contributed by atoms with Gasteiger partial charge < -0.3 is 15.0 Å². The van der Waals surface area contributed by atoms with Crippen molar-refractivity contribution in [2.45, 2.75) is 51.1 Å². The van der Waals surface area contributed by atoms with Crippen LogP contribution in [0.15, 0.2) is 77.7 Å². The summed E-state index contributed by atoms with van der Waals surface area (Å²) in [4.78, 5) is 28.4. The highest BCUT2D eigenvalue weighted by Crippen LogP contribution is 2.26. The van der Waals surface area contributed by atoms with Gasteiger partial charge in [0.2, 0.25) is 11.8 Å². The van der Waals surface area contributed by atoms with Crippen LogP contribution >= 0.6 is 11.6 Å². The molecule has 2 amide bonds. The third-order valence-electron chi connectivity index (χ3n) is 6.49. The SMILES string of the molecule is CCCCNC(=O)[C@@H](C)N(Cc1cccc(OC)c1)C(=O)CN(c1ccc(C)cc1)S(=O)(=O)c1ccc(Cl)cc1. The topological polar surface area (TPSA) is 96.0 Å². The van der Waals surface area contributed by atoms with Crippen LogP contribution in [0.3, 0.4) is 0 Å². The zero-order valence-corrected chi connectivity index (χ0v) is 24.8. The van der Waals surface area contributed by atoms with Crippen molar-refractivity contribution in [3.05, 3.63) is 88.9 Å². The molecule has 3 aromatic carbocycles. The van der Waals surface area contributed by atoms with E-state index in [1.54, 1.807) is 56.5 Å². The van der Waals surface area contributed by atoms with E-state index < -0.39 is 28.5 Å². The number of benzene rings is 3. The molecule has 8 nitrogen and oxygen atoms in total.